The molecule has 2 aromatic carbocycles. The zero-order chi connectivity index (χ0) is 28.1. The highest BCUT2D eigenvalue weighted by atomic mass is 19.1. The second kappa shape index (κ2) is 12.4. The molecule has 2 fully saturated rings. The molecule has 2 saturated heterocycles. The molecule has 2 heterocycles. The zero-order valence-corrected chi connectivity index (χ0v) is 22.3. The van der Waals surface area contributed by atoms with Crippen molar-refractivity contribution in [1.82, 2.24) is 4.90 Å². The Balaban J connectivity index is 1.70. The van der Waals surface area contributed by atoms with Crippen molar-refractivity contribution in [2.24, 2.45) is 0 Å². The van der Waals surface area contributed by atoms with Crippen LogP contribution in [0.1, 0.15) is 47.8 Å². The number of halogens is 1. The van der Waals surface area contributed by atoms with Crippen molar-refractivity contribution in [1.29, 1.82) is 0 Å². The third kappa shape index (κ3) is 6.29. The molecule has 0 spiro atoms. The lowest BCUT2D eigenvalue weighted by atomic mass is 9.94. The van der Waals surface area contributed by atoms with Gasteiger partial charge in [-0.3, -0.25) is 9.59 Å². The molecule has 0 saturated carbocycles. The van der Waals surface area contributed by atoms with Crippen LogP contribution in [-0.4, -0.2) is 75.2 Å². The molecule has 2 aromatic rings. The van der Waals surface area contributed by atoms with E-state index >= 15 is 0 Å². The number of carbonyl (C=O) groups is 3. The second-order valence-electron chi connectivity index (χ2n) is 9.86. The number of hydrogen-bond acceptors (Lipinski definition) is 7. The number of nitrogens with zero attached hydrogens (tertiary/aromatic N) is 1. The molecular weight excluding hydrogens is 507 g/mol. The molecule has 0 aliphatic carbocycles. The van der Waals surface area contributed by atoms with Gasteiger partial charge >= 0.3 is 5.97 Å². The normalized spacial score (nSPS) is 19.5. The van der Waals surface area contributed by atoms with Crippen LogP contribution in [0.5, 0.6) is 5.75 Å². The third-order valence-corrected chi connectivity index (χ3v) is 6.86. The summed E-state index contributed by atoms with van der Waals surface area (Å²) in [6.07, 6.45) is 0.345. The average molecular weight is 541 g/mol. The van der Waals surface area contributed by atoms with E-state index in [4.69, 9.17) is 14.2 Å². The lowest BCUT2D eigenvalue weighted by Crippen LogP contribution is -3.14. The number of morpholine rings is 1. The molecule has 2 aliphatic heterocycles. The molecule has 9 nitrogen and oxygen atoms in total. The van der Waals surface area contributed by atoms with Crippen LogP contribution in [0.15, 0.2) is 48.0 Å². The summed E-state index contributed by atoms with van der Waals surface area (Å²) in [5.41, 5.74) is 0.469. The van der Waals surface area contributed by atoms with Crippen LogP contribution in [0.25, 0.3) is 5.76 Å². The Labute approximate surface area is 226 Å². The first-order valence-corrected chi connectivity index (χ1v) is 13.0. The highest BCUT2D eigenvalue weighted by Gasteiger charge is 2.44. The number of quaternary nitrogens is 1. The number of nitrogens with one attached hydrogen (secondary N) is 1. The topological polar surface area (TPSA) is 110 Å². The fourth-order valence-electron chi connectivity index (χ4n) is 4.92. The van der Waals surface area contributed by atoms with Crippen LogP contribution in [0.4, 0.5) is 4.39 Å². The van der Waals surface area contributed by atoms with Crippen LogP contribution >= 0.6 is 0 Å². The molecule has 0 bridgehead atoms. The summed E-state index contributed by atoms with van der Waals surface area (Å²) in [5.74, 6) is -3.71. The summed E-state index contributed by atoms with van der Waals surface area (Å²) >= 11 is 0. The molecule has 1 atom stereocenters. The Hall–Kier alpha value is -3.76. The number of amides is 1. The van der Waals surface area contributed by atoms with Gasteiger partial charge in [0.05, 0.1) is 44.6 Å². The lowest BCUT2D eigenvalue weighted by Gasteiger charge is -2.29. The minimum absolute atomic E-state index is 0.0115. The van der Waals surface area contributed by atoms with E-state index < -0.39 is 35.3 Å². The van der Waals surface area contributed by atoms with Gasteiger partial charge in [0, 0.05) is 18.5 Å². The summed E-state index contributed by atoms with van der Waals surface area (Å²) in [6.45, 7) is 7.62. The smallest absolute Gasteiger partial charge is 0.337 e. The summed E-state index contributed by atoms with van der Waals surface area (Å²) in [5, 5.41) is 13.6. The Kier molecular flexibility index (Phi) is 8.98. The SMILES string of the molecule is COC(=O)c1ccc(C2C(=C([O-])c3ccc(OC(C)C)c(F)c3)C(=O)C(=O)N2CCC[NH+]2CCOCC2)cc1. The molecule has 0 radical (unpaired) electrons. The van der Waals surface area contributed by atoms with Crippen molar-refractivity contribution < 1.29 is 43.0 Å². The predicted molar refractivity (Wildman–Crippen MR) is 137 cm³/mol. The molecule has 39 heavy (non-hydrogen) atoms. The first-order valence-electron chi connectivity index (χ1n) is 13.0. The maximum Gasteiger partial charge on any atom is 0.337 e. The summed E-state index contributed by atoms with van der Waals surface area (Å²) < 4.78 is 30.3. The van der Waals surface area contributed by atoms with Crippen LogP contribution < -0.4 is 14.7 Å². The summed E-state index contributed by atoms with van der Waals surface area (Å²) in [6, 6.07) is 9.00. The standard InChI is InChI=1S/C29H33FN2O7/c1-18(2)39-23-10-9-21(17-22(23)30)26(33)24-25(19-5-7-20(8-6-19)29(36)37-3)32(28(35)27(24)34)12-4-11-31-13-15-38-16-14-31/h5-10,17-18,25,33H,4,11-16H2,1-3H3. The largest absolute Gasteiger partial charge is 0.872 e. The number of ether oxygens (including phenoxy) is 3. The monoisotopic (exact) mass is 540 g/mol. The van der Waals surface area contributed by atoms with Crippen molar-refractivity contribution >= 4 is 23.4 Å². The number of rotatable bonds is 9. The van der Waals surface area contributed by atoms with Crippen LogP contribution in [-0.2, 0) is 19.1 Å². The summed E-state index contributed by atoms with van der Waals surface area (Å²) in [7, 11) is 1.27. The van der Waals surface area contributed by atoms with Gasteiger partial charge in [-0.05, 0) is 49.2 Å². The minimum atomic E-state index is -0.974. The van der Waals surface area contributed by atoms with E-state index in [1.165, 1.54) is 41.2 Å². The first kappa shape index (κ1) is 28.3. The first-order chi connectivity index (χ1) is 18.7. The Morgan fingerprint density at radius 3 is 2.41 bits per heavy atom. The van der Waals surface area contributed by atoms with E-state index in [1.54, 1.807) is 26.0 Å². The lowest BCUT2D eigenvalue weighted by molar-refractivity contribution is -0.908. The van der Waals surface area contributed by atoms with Crippen molar-refractivity contribution in [2.45, 2.75) is 32.4 Å². The van der Waals surface area contributed by atoms with Gasteiger partial charge in [-0.15, -0.1) is 0 Å². The van der Waals surface area contributed by atoms with E-state index in [2.05, 4.69) is 0 Å². The molecule has 1 unspecified atom stereocenters. The van der Waals surface area contributed by atoms with E-state index in [-0.39, 0.29) is 35.1 Å². The van der Waals surface area contributed by atoms with Gasteiger partial charge in [0.15, 0.2) is 11.6 Å². The molecular formula is C29H33FN2O7. The van der Waals surface area contributed by atoms with E-state index in [1.807, 2.05) is 0 Å². The van der Waals surface area contributed by atoms with E-state index in [0.717, 1.165) is 25.7 Å². The number of benzene rings is 2. The molecule has 1 N–H and O–H groups in total. The van der Waals surface area contributed by atoms with E-state index in [9.17, 15) is 23.9 Å². The molecule has 10 heteroatoms. The van der Waals surface area contributed by atoms with Gasteiger partial charge in [-0.2, -0.15) is 0 Å². The number of hydrogen-bond donors (Lipinski definition) is 1. The Morgan fingerprint density at radius 1 is 1.13 bits per heavy atom. The molecule has 2 aliphatic rings. The van der Waals surface area contributed by atoms with Gasteiger partial charge < -0.3 is 29.1 Å². The number of ketones is 1. The van der Waals surface area contributed by atoms with Gasteiger partial charge in [-0.25, -0.2) is 9.18 Å². The molecule has 1 amide bonds. The fraction of sp³-hybridized carbons (Fsp3) is 0.414. The number of Topliss-reactive ketones (excluding diaryl/α,β-unsaturated/α-hetero) is 1. The van der Waals surface area contributed by atoms with Gasteiger partial charge in [0.2, 0.25) is 5.78 Å². The average Bonchev–Trinajstić information content (AvgIpc) is 3.18. The fourth-order valence-corrected chi connectivity index (χ4v) is 4.92. The van der Waals surface area contributed by atoms with Gasteiger partial charge in [-0.1, -0.05) is 24.0 Å². The predicted octanol–water partition coefficient (Wildman–Crippen LogP) is 0.929. The number of likely N-dealkylation sites (tertiary alicyclic amines) is 1. The Bertz CT molecular complexity index is 1250. The Morgan fingerprint density at radius 2 is 1.79 bits per heavy atom. The van der Waals surface area contributed by atoms with Crippen molar-refractivity contribution in [2.75, 3.05) is 46.5 Å². The van der Waals surface area contributed by atoms with Gasteiger partial charge in [0.25, 0.3) is 5.91 Å². The second-order valence-corrected chi connectivity index (χ2v) is 9.86. The number of methoxy groups -OCH3 is 1. The number of esters is 1. The number of carbonyl (C=O) groups excluding carboxylic acids is 3. The van der Waals surface area contributed by atoms with Crippen molar-refractivity contribution in [3.63, 3.8) is 0 Å². The minimum Gasteiger partial charge on any atom is -0.872 e. The maximum atomic E-state index is 14.7. The maximum absolute atomic E-state index is 14.7. The quantitative estimate of drug-likeness (QED) is 0.218. The van der Waals surface area contributed by atoms with Crippen molar-refractivity contribution in [3.05, 3.63) is 70.5 Å². The third-order valence-electron chi connectivity index (χ3n) is 6.86. The highest BCUT2D eigenvalue weighted by molar-refractivity contribution is 6.46. The van der Waals surface area contributed by atoms with Crippen LogP contribution in [0, 0.1) is 5.82 Å². The van der Waals surface area contributed by atoms with E-state index in [0.29, 0.717) is 25.2 Å². The van der Waals surface area contributed by atoms with Crippen LogP contribution in [0.3, 0.4) is 0 Å². The molecule has 4 rings (SSSR count). The zero-order valence-electron chi connectivity index (χ0n) is 22.3. The van der Waals surface area contributed by atoms with Crippen LogP contribution in [0.2, 0.25) is 0 Å². The summed E-state index contributed by atoms with van der Waals surface area (Å²) in [4.78, 5) is 41.1. The molecule has 0 aromatic heterocycles. The van der Waals surface area contributed by atoms with Crippen molar-refractivity contribution in [3.8, 4) is 5.75 Å². The molecule has 208 valence electrons. The highest BCUT2D eigenvalue weighted by Crippen LogP contribution is 2.39. The van der Waals surface area contributed by atoms with Gasteiger partial charge in [0.1, 0.15) is 13.1 Å².